The summed E-state index contributed by atoms with van der Waals surface area (Å²) in [6.45, 7) is 0. The first-order chi connectivity index (χ1) is 10.7. The molecule has 0 aliphatic carbocycles. The highest BCUT2D eigenvalue weighted by Gasteiger charge is 2.05. The maximum atomic E-state index is 10.7. The molecule has 0 atom stereocenters. The first-order valence-corrected chi connectivity index (χ1v) is 8.08. The van der Waals surface area contributed by atoms with E-state index in [2.05, 4.69) is 4.18 Å². The third kappa shape index (κ3) is 7.09. The quantitative estimate of drug-likeness (QED) is 0.815. The van der Waals surface area contributed by atoms with Gasteiger partial charge in [-0.2, -0.15) is 8.42 Å². The zero-order valence-electron chi connectivity index (χ0n) is 12.2. The molecule has 2 aromatic carbocycles. The minimum absolute atomic E-state index is 0.150. The number of hydrogen-bond acceptors (Lipinski definition) is 5. The molecule has 122 valence electrons. The Morgan fingerprint density at radius 1 is 0.957 bits per heavy atom. The Bertz CT molecular complexity index is 769. The number of rotatable bonds is 4. The number of carboxylic acid groups (broad SMARTS) is 1. The Kier molecular flexibility index (Phi) is 6.28. The van der Waals surface area contributed by atoms with Crippen LogP contribution in [0.3, 0.4) is 0 Å². The van der Waals surface area contributed by atoms with Crippen LogP contribution < -0.4 is 9.92 Å². The minimum Gasteiger partial charge on any atom is -0.478 e. The van der Waals surface area contributed by atoms with Crippen LogP contribution in [-0.4, -0.2) is 31.7 Å². The van der Waals surface area contributed by atoms with Crippen molar-refractivity contribution < 1.29 is 27.3 Å². The van der Waals surface area contributed by atoms with Gasteiger partial charge in [-0.05, 0) is 36.4 Å². The summed E-state index contributed by atoms with van der Waals surface area (Å²) in [4.78, 5) is 20.9. The van der Waals surface area contributed by atoms with E-state index in [0.29, 0.717) is 11.1 Å². The summed E-state index contributed by atoms with van der Waals surface area (Å²) in [7, 11) is -3.53. The lowest BCUT2D eigenvalue weighted by Gasteiger charge is -2.02. The van der Waals surface area contributed by atoms with Gasteiger partial charge in [-0.3, -0.25) is 4.79 Å². The van der Waals surface area contributed by atoms with E-state index in [1.54, 1.807) is 30.3 Å². The van der Waals surface area contributed by atoms with Crippen molar-refractivity contribution in [3.05, 3.63) is 65.7 Å². The summed E-state index contributed by atoms with van der Waals surface area (Å²) in [5, 5.41) is 8.38. The van der Waals surface area contributed by atoms with Gasteiger partial charge in [0.1, 0.15) is 5.75 Å². The first kappa shape index (κ1) is 18.2. The Morgan fingerprint density at radius 3 is 1.83 bits per heavy atom. The van der Waals surface area contributed by atoms with Crippen molar-refractivity contribution in [2.24, 2.45) is 5.73 Å². The molecule has 0 aromatic heterocycles. The maximum Gasteiger partial charge on any atom is 0.335 e. The van der Waals surface area contributed by atoms with Gasteiger partial charge in [0.25, 0.3) is 0 Å². The average Bonchev–Trinajstić information content (AvgIpc) is 2.47. The highest BCUT2D eigenvalue weighted by molar-refractivity contribution is 7.86. The smallest absolute Gasteiger partial charge is 0.335 e. The number of primary amides is 1. The van der Waals surface area contributed by atoms with Crippen molar-refractivity contribution in [2.75, 3.05) is 6.26 Å². The lowest BCUT2D eigenvalue weighted by Crippen LogP contribution is -2.11. The lowest BCUT2D eigenvalue weighted by atomic mass is 10.2. The van der Waals surface area contributed by atoms with Gasteiger partial charge in [0.2, 0.25) is 5.91 Å². The Labute approximate surface area is 133 Å². The first-order valence-electron chi connectivity index (χ1n) is 6.26. The van der Waals surface area contributed by atoms with E-state index >= 15 is 0 Å². The largest absolute Gasteiger partial charge is 0.478 e. The second-order valence-electron chi connectivity index (χ2n) is 4.35. The van der Waals surface area contributed by atoms with Gasteiger partial charge >= 0.3 is 16.1 Å². The number of carboxylic acids is 1. The molecule has 0 fully saturated rings. The van der Waals surface area contributed by atoms with E-state index < -0.39 is 22.0 Å². The standard InChI is InChI=1S/C8H9NO4S.C7H6O2/c1-14(11,12)13-7-4-2-6(3-5-7)8(9)10;8-7(9)6-4-2-1-3-5-6/h2-5H,1H3,(H2,9,10);1-5H,(H,8,9). The van der Waals surface area contributed by atoms with Crippen LogP contribution in [-0.2, 0) is 10.1 Å². The van der Waals surface area contributed by atoms with Gasteiger partial charge in [0.05, 0.1) is 11.8 Å². The van der Waals surface area contributed by atoms with Crippen LogP contribution in [0.2, 0.25) is 0 Å². The molecule has 0 radical (unpaired) electrons. The van der Waals surface area contributed by atoms with Crippen LogP contribution in [0.25, 0.3) is 0 Å². The third-order valence-electron chi connectivity index (χ3n) is 2.41. The van der Waals surface area contributed by atoms with Gasteiger partial charge in [0, 0.05) is 5.56 Å². The predicted molar refractivity (Wildman–Crippen MR) is 83.8 cm³/mol. The van der Waals surface area contributed by atoms with Gasteiger partial charge in [0.15, 0.2) is 0 Å². The Balaban J connectivity index is 0.000000253. The molecule has 2 rings (SSSR count). The molecule has 0 heterocycles. The second-order valence-corrected chi connectivity index (χ2v) is 5.92. The molecule has 0 saturated carbocycles. The molecule has 0 spiro atoms. The molecule has 0 saturated heterocycles. The van der Waals surface area contributed by atoms with E-state index in [0.717, 1.165) is 6.26 Å². The van der Waals surface area contributed by atoms with Crippen LogP contribution in [0.4, 0.5) is 0 Å². The molecule has 7 nitrogen and oxygen atoms in total. The molecular weight excluding hydrogens is 322 g/mol. The molecule has 0 bridgehead atoms. The van der Waals surface area contributed by atoms with E-state index in [9.17, 15) is 18.0 Å². The normalized spacial score (nSPS) is 10.1. The fourth-order valence-electron chi connectivity index (χ4n) is 1.43. The fourth-order valence-corrected chi connectivity index (χ4v) is 1.89. The number of aromatic carboxylic acids is 1. The summed E-state index contributed by atoms with van der Waals surface area (Å²) in [6, 6.07) is 13.8. The zero-order valence-corrected chi connectivity index (χ0v) is 13.0. The summed E-state index contributed by atoms with van der Waals surface area (Å²) >= 11 is 0. The molecule has 23 heavy (non-hydrogen) atoms. The Hall–Kier alpha value is -2.87. The number of benzene rings is 2. The van der Waals surface area contributed by atoms with Crippen LogP contribution in [0.5, 0.6) is 5.75 Å². The predicted octanol–water partition coefficient (Wildman–Crippen LogP) is 1.51. The van der Waals surface area contributed by atoms with E-state index in [4.69, 9.17) is 10.8 Å². The molecule has 0 aliphatic heterocycles. The van der Waals surface area contributed by atoms with Crippen LogP contribution in [0.15, 0.2) is 54.6 Å². The third-order valence-corrected chi connectivity index (χ3v) is 2.90. The molecule has 1 amide bonds. The zero-order chi connectivity index (χ0) is 17.5. The topological polar surface area (TPSA) is 124 Å². The number of nitrogens with two attached hydrogens (primary N) is 1. The summed E-state index contributed by atoms with van der Waals surface area (Å²) in [5.41, 5.74) is 5.62. The number of carbonyl (C=O) groups is 2. The fraction of sp³-hybridized carbons (Fsp3) is 0.0667. The monoisotopic (exact) mass is 337 g/mol. The number of amides is 1. The van der Waals surface area contributed by atoms with Gasteiger partial charge in [-0.15, -0.1) is 0 Å². The van der Waals surface area contributed by atoms with E-state index in [1.165, 1.54) is 24.3 Å². The average molecular weight is 337 g/mol. The van der Waals surface area contributed by atoms with E-state index in [-0.39, 0.29) is 5.75 Å². The summed E-state index contributed by atoms with van der Waals surface area (Å²) in [6.07, 6.45) is 0.939. The SMILES string of the molecule is CS(=O)(=O)Oc1ccc(C(N)=O)cc1.O=C(O)c1ccccc1. The van der Waals surface area contributed by atoms with Crippen molar-refractivity contribution in [2.45, 2.75) is 0 Å². The highest BCUT2D eigenvalue weighted by Crippen LogP contribution is 2.13. The van der Waals surface area contributed by atoms with Gasteiger partial charge < -0.3 is 15.0 Å². The van der Waals surface area contributed by atoms with Crippen molar-refractivity contribution >= 4 is 22.0 Å². The van der Waals surface area contributed by atoms with Crippen LogP contribution in [0, 0.1) is 0 Å². The van der Waals surface area contributed by atoms with Crippen molar-refractivity contribution in [1.82, 2.24) is 0 Å². The van der Waals surface area contributed by atoms with Gasteiger partial charge in [-0.1, -0.05) is 18.2 Å². The molecular formula is C15H15NO6S. The van der Waals surface area contributed by atoms with Gasteiger partial charge in [-0.25, -0.2) is 4.79 Å². The number of carbonyl (C=O) groups excluding carboxylic acids is 1. The second kappa shape index (κ2) is 7.95. The molecule has 0 unspecified atom stereocenters. The maximum absolute atomic E-state index is 10.7. The Morgan fingerprint density at radius 2 is 1.48 bits per heavy atom. The van der Waals surface area contributed by atoms with Crippen molar-refractivity contribution in [3.63, 3.8) is 0 Å². The highest BCUT2D eigenvalue weighted by atomic mass is 32.2. The lowest BCUT2D eigenvalue weighted by molar-refractivity contribution is 0.0696. The number of hydrogen-bond donors (Lipinski definition) is 2. The minimum atomic E-state index is -3.53. The summed E-state index contributed by atoms with van der Waals surface area (Å²) in [5.74, 6) is -1.30. The molecule has 8 heteroatoms. The molecule has 2 aromatic rings. The van der Waals surface area contributed by atoms with E-state index in [1.807, 2.05) is 0 Å². The molecule has 0 aliphatic rings. The molecule has 3 N–H and O–H groups in total. The van der Waals surface area contributed by atoms with Crippen molar-refractivity contribution in [3.8, 4) is 5.75 Å². The van der Waals surface area contributed by atoms with Crippen molar-refractivity contribution in [1.29, 1.82) is 0 Å². The van der Waals surface area contributed by atoms with Crippen LogP contribution in [0.1, 0.15) is 20.7 Å². The van der Waals surface area contributed by atoms with Crippen LogP contribution >= 0.6 is 0 Å². The summed E-state index contributed by atoms with van der Waals surface area (Å²) < 4.78 is 26.0.